The average Bonchev–Trinajstić information content (AvgIpc) is 3.32. The summed E-state index contributed by atoms with van der Waals surface area (Å²) in [6, 6.07) is 14.8. The predicted molar refractivity (Wildman–Crippen MR) is 103 cm³/mol. The zero-order valence-electron chi connectivity index (χ0n) is 15.2. The fourth-order valence-corrected chi connectivity index (χ4v) is 3.52. The average molecular weight is 362 g/mol. The largest absolute Gasteiger partial charge is 0.334 e. The van der Waals surface area contributed by atoms with Crippen molar-refractivity contribution in [3.05, 3.63) is 65.5 Å². The van der Waals surface area contributed by atoms with Gasteiger partial charge < -0.3 is 15.6 Å². The minimum absolute atomic E-state index is 0.183. The Morgan fingerprint density at radius 3 is 2.70 bits per heavy atom. The topological polar surface area (TPSA) is 94.0 Å². The van der Waals surface area contributed by atoms with Crippen LogP contribution in [0, 0.1) is 6.92 Å². The van der Waals surface area contributed by atoms with Crippen LogP contribution >= 0.6 is 0 Å². The van der Waals surface area contributed by atoms with E-state index in [4.69, 9.17) is 10.3 Å². The summed E-state index contributed by atoms with van der Waals surface area (Å²) >= 11 is 0. The maximum Gasteiger partial charge on any atom is 0.260 e. The van der Waals surface area contributed by atoms with E-state index >= 15 is 0 Å². The fraction of sp³-hybridized carbons (Fsp3) is 0.286. The van der Waals surface area contributed by atoms with Crippen LogP contribution in [0.2, 0.25) is 0 Å². The third kappa shape index (κ3) is 3.48. The Hall–Kier alpha value is -2.99. The number of anilines is 1. The fourth-order valence-electron chi connectivity index (χ4n) is 3.52. The van der Waals surface area contributed by atoms with E-state index < -0.39 is 5.54 Å². The van der Waals surface area contributed by atoms with E-state index in [-0.39, 0.29) is 5.91 Å². The number of nitrogens with one attached hydrogen (secondary N) is 1. The molecule has 0 radical (unpaired) electrons. The van der Waals surface area contributed by atoms with Gasteiger partial charge in [-0.3, -0.25) is 4.79 Å². The number of rotatable bonds is 4. The molecule has 138 valence electrons. The Morgan fingerprint density at radius 2 is 1.93 bits per heavy atom. The lowest BCUT2D eigenvalue weighted by Crippen LogP contribution is -2.34. The van der Waals surface area contributed by atoms with Crippen molar-refractivity contribution in [3.8, 4) is 11.5 Å². The third-order valence-electron chi connectivity index (χ3n) is 5.05. The molecule has 27 heavy (non-hydrogen) atoms. The minimum Gasteiger partial charge on any atom is -0.334 e. The smallest absolute Gasteiger partial charge is 0.260 e. The SMILES string of the molecule is Cc1cccc(C(=O)Nc2ccccc2-c2nc(C3(N)CCCC3)no2)c1. The first-order valence-corrected chi connectivity index (χ1v) is 9.16. The summed E-state index contributed by atoms with van der Waals surface area (Å²) in [6.07, 6.45) is 3.86. The standard InChI is InChI=1S/C21H22N4O2/c1-14-7-6-8-15(13-14)18(26)23-17-10-3-2-9-16(17)19-24-20(25-27-19)21(22)11-4-5-12-21/h2-3,6-10,13H,4-5,11-12,22H2,1H3,(H,23,26). The van der Waals surface area contributed by atoms with Crippen LogP contribution in [0.15, 0.2) is 53.1 Å². The molecule has 0 unspecified atom stereocenters. The van der Waals surface area contributed by atoms with E-state index in [2.05, 4.69) is 15.5 Å². The Balaban J connectivity index is 1.62. The van der Waals surface area contributed by atoms with Crippen LogP contribution in [0.1, 0.15) is 47.4 Å². The summed E-state index contributed by atoms with van der Waals surface area (Å²) in [5.41, 5.74) is 8.84. The van der Waals surface area contributed by atoms with Gasteiger partial charge in [-0.15, -0.1) is 0 Å². The van der Waals surface area contributed by atoms with Crippen molar-refractivity contribution in [2.75, 3.05) is 5.32 Å². The summed E-state index contributed by atoms with van der Waals surface area (Å²) in [5, 5.41) is 7.06. The molecule has 4 rings (SSSR count). The lowest BCUT2D eigenvalue weighted by molar-refractivity contribution is 0.102. The van der Waals surface area contributed by atoms with Gasteiger partial charge >= 0.3 is 0 Å². The van der Waals surface area contributed by atoms with Gasteiger partial charge in [-0.2, -0.15) is 4.98 Å². The number of benzene rings is 2. The second-order valence-electron chi connectivity index (χ2n) is 7.16. The molecule has 1 aliphatic carbocycles. The molecule has 0 spiro atoms. The molecule has 1 amide bonds. The number of aryl methyl sites for hydroxylation is 1. The van der Waals surface area contributed by atoms with E-state index in [0.29, 0.717) is 28.5 Å². The first-order chi connectivity index (χ1) is 13.0. The normalized spacial score (nSPS) is 15.6. The second kappa shape index (κ2) is 6.96. The molecular formula is C21H22N4O2. The van der Waals surface area contributed by atoms with Gasteiger partial charge in [-0.05, 0) is 44.0 Å². The highest BCUT2D eigenvalue weighted by Gasteiger charge is 2.36. The van der Waals surface area contributed by atoms with E-state index in [1.54, 1.807) is 6.07 Å². The van der Waals surface area contributed by atoms with Crippen LogP contribution in [0.4, 0.5) is 5.69 Å². The second-order valence-corrected chi connectivity index (χ2v) is 7.16. The Labute approximate surface area is 157 Å². The van der Waals surface area contributed by atoms with Gasteiger partial charge in [-0.25, -0.2) is 0 Å². The summed E-state index contributed by atoms with van der Waals surface area (Å²) < 4.78 is 5.48. The van der Waals surface area contributed by atoms with Crippen molar-refractivity contribution in [2.45, 2.75) is 38.1 Å². The molecular weight excluding hydrogens is 340 g/mol. The molecule has 6 heteroatoms. The highest BCUT2D eigenvalue weighted by Crippen LogP contribution is 2.36. The highest BCUT2D eigenvalue weighted by molar-refractivity contribution is 6.06. The van der Waals surface area contributed by atoms with Crippen molar-refractivity contribution in [1.29, 1.82) is 0 Å². The number of nitrogens with zero attached hydrogens (tertiary/aromatic N) is 2. The highest BCUT2D eigenvalue weighted by atomic mass is 16.5. The van der Waals surface area contributed by atoms with Gasteiger partial charge in [0, 0.05) is 5.56 Å². The molecule has 2 aromatic carbocycles. The van der Waals surface area contributed by atoms with E-state index in [0.717, 1.165) is 31.2 Å². The van der Waals surface area contributed by atoms with Crippen LogP contribution in [-0.4, -0.2) is 16.0 Å². The van der Waals surface area contributed by atoms with Gasteiger partial charge in [-0.1, -0.05) is 47.8 Å². The first kappa shape index (κ1) is 17.4. The number of hydrogen-bond donors (Lipinski definition) is 2. The molecule has 0 atom stereocenters. The summed E-state index contributed by atoms with van der Waals surface area (Å²) in [7, 11) is 0. The number of para-hydroxylation sites is 1. The molecule has 3 N–H and O–H groups in total. The van der Waals surface area contributed by atoms with E-state index in [1.807, 2.05) is 49.4 Å². The molecule has 1 fully saturated rings. The Bertz CT molecular complexity index is 974. The van der Waals surface area contributed by atoms with Crippen LogP contribution < -0.4 is 11.1 Å². The quantitative estimate of drug-likeness (QED) is 0.731. The molecule has 3 aromatic rings. The summed E-state index contributed by atoms with van der Waals surface area (Å²) in [6.45, 7) is 1.95. The molecule has 1 heterocycles. The Morgan fingerprint density at radius 1 is 1.15 bits per heavy atom. The van der Waals surface area contributed by atoms with Crippen LogP contribution in [0.5, 0.6) is 0 Å². The van der Waals surface area contributed by atoms with Gasteiger partial charge in [0.15, 0.2) is 5.82 Å². The first-order valence-electron chi connectivity index (χ1n) is 9.16. The minimum atomic E-state index is -0.512. The lowest BCUT2D eigenvalue weighted by atomic mass is 9.98. The number of carbonyl (C=O) groups excluding carboxylic acids is 1. The number of hydrogen-bond acceptors (Lipinski definition) is 5. The van der Waals surface area contributed by atoms with Crippen molar-refractivity contribution >= 4 is 11.6 Å². The van der Waals surface area contributed by atoms with Crippen LogP contribution in [0.3, 0.4) is 0 Å². The zero-order valence-corrected chi connectivity index (χ0v) is 15.2. The van der Waals surface area contributed by atoms with Crippen molar-refractivity contribution in [1.82, 2.24) is 10.1 Å². The molecule has 0 saturated heterocycles. The maximum absolute atomic E-state index is 12.6. The number of carbonyl (C=O) groups is 1. The van der Waals surface area contributed by atoms with E-state index in [1.165, 1.54) is 0 Å². The third-order valence-corrected chi connectivity index (χ3v) is 5.05. The molecule has 0 bridgehead atoms. The number of amides is 1. The maximum atomic E-state index is 12.6. The monoisotopic (exact) mass is 362 g/mol. The molecule has 1 aliphatic rings. The van der Waals surface area contributed by atoms with Crippen LogP contribution in [0.25, 0.3) is 11.5 Å². The number of aromatic nitrogens is 2. The van der Waals surface area contributed by atoms with Gasteiger partial charge in [0.05, 0.1) is 16.8 Å². The van der Waals surface area contributed by atoms with E-state index in [9.17, 15) is 4.79 Å². The van der Waals surface area contributed by atoms with Gasteiger partial charge in [0.25, 0.3) is 11.8 Å². The molecule has 0 aliphatic heterocycles. The molecule has 6 nitrogen and oxygen atoms in total. The molecule has 1 saturated carbocycles. The Kier molecular flexibility index (Phi) is 4.49. The summed E-state index contributed by atoms with van der Waals surface area (Å²) in [5.74, 6) is 0.716. The lowest BCUT2D eigenvalue weighted by Gasteiger charge is -2.17. The predicted octanol–water partition coefficient (Wildman–Crippen LogP) is 4.03. The van der Waals surface area contributed by atoms with Crippen molar-refractivity contribution < 1.29 is 9.32 Å². The number of nitrogens with two attached hydrogens (primary N) is 1. The zero-order chi connectivity index (χ0) is 18.9. The molecule has 1 aromatic heterocycles. The summed E-state index contributed by atoms with van der Waals surface area (Å²) in [4.78, 5) is 17.2. The van der Waals surface area contributed by atoms with Gasteiger partial charge in [0.2, 0.25) is 0 Å². The van der Waals surface area contributed by atoms with Crippen LogP contribution in [-0.2, 0) is 5.54 Å². The van der Waals surface area contributed by atoms with Crippen molar-refractivity contribution in [2.24, 2.45) is 5.73 Å². The van der Waals surface area contributed by atoms with Gasteiger partial charge in [0.1, 0.15) is 0 Å². The van der Waals surface area contributed by atoms with Crippen molar-refractivity contribution in [3.63, 3.8) is 0 Å².